The van der Waals surface area contributed by atoms with Gasteiger partial charge in [-0.15, -0.1) is 11.7 Å². The quantitative estimate of drug-likeness (QED) is 0.480. The van der Waals surface area contributed by atoms with Crippen molar-refractivity contribution in [2.75, 3.05) is 19.6 Å². The van der Waals surface area contributed by atoms with Crippen molar-refractivity contribution >= 4 is 26.7 Å². The van der Waals surface area contributed by atoms with Crippen molar-refractivity contribution in [3.63, 3.8) is 0 Å². The Hall–Kier alpha value is -0.610. The highest BCUT2D eigenvalue weighted by Gasteiger charge is 2.18. The minimum atomic E-state index is -1.19. The van der Waals surface area contributed by atoms with Crippen molar-refractivity contribution in [2.45, 2.75) is 4.90 Å². The maximum Gasteiger partial charge on any atom is 0.338 e. The van der Waals surface area contributed by atoms with Crippen LogP contribution in [0, 0.1) is 0 Å². The molecule has 0 aliphatic heterocycles. The number of thiol groups is 1. The maximum atomic E-state index is 11.4. The zero-order chi connectivity index (χ0) is 10.8. The van der Waals surface area contributed by atoms with E-state index in [1.54, 1.807) is 6.07 Å². The third-order valence-electron chi connectivity index (χ3n) is 1.83. The smallest absolute Gasteiger partial charge is 0.338 e. The Morgan fingerprint density at radius 2 is 1.93 bits per heavy atom. The Balaban J connectivity index is 3.23. The van der Waals surface area contributed by atoms with Crippen molar-refractivity contribution in [1.82, 2.24) is 0 Å². The second kappa shape index (κ2) is 4.28. The Bertz CT molecular complexity index is 342. The van der Waals surface area contributed by atoms with E-state index in [1.807, 2.05) is 30.7 Å². The molecule has 78 valence electrons. The van der Waals surface area contributed by atoms with Gasteiger partial charge in [0.15, 0.2) is 0 Å². The fourth-order valence-corrected chi connectivity index (χ4v) is 2.76. The summed E-state index contributed by atoms with van der Waals surface area (Å²) in [6.45, 7) is 0. The highest BCUT2D eigenvalue weighted by molar-refractivity contribution is 8.87. The molecule has 0 spiro atoms. The second-order valence-electron chi connectivity index (χ2n) is 3.26. The standard InChI is InChI=1S/C10H14O2S2/c1-12-10(11)8-6-4-5-7-9(8)14(2,3)13/h4-7,13H,1-3H3. The molecule has 0 N–H and O–H groups in total. The van der Waals surface area contributed by atoms with Gasteiger partial charge in [0, 0.05) is 4.90 Å². The van der Waals surface area contributed by atoms with Gasteiger partial charge in [0.2, 0.25) is 0 Å². The number of rotatable bonds is 2. The van der Waals surface area contributed by atoms with E-state index in [9.17, 15) is 4.79 Å². The normalized spacial score (nSPS) is 12.3. The molecule has 0 atom stereocenters. The highest BCUT2D eigenvalue weighted by Crippen LogP contribution is 2.54. The van der Waals surface area contributed by atoms with Crippen LogP contribution in [0.2, 0.25) is 0 Å². The fraction of sp³-hybridized carbons (Fsp3) is 0.300. The van der Waals surface area contributed by atoms with Gasteiger partial charge in [-0.3, -0.25) is 0 Å². The molecular weight excluding hydrogens is 216 g/mol. The van der Waals surface area contributed by atoms with Crippen LogP contribution in [-0.4, -0.2) is 25.6 Å². The number of ether oxygens (including phenoxy) is 1. The summed E-state index contributed by atoms with van der Waals surface area (Å²) >= 11 is 4.52. The molecule has 0 bridgehead atoms. The van der Waals surface area contributed by atoms with Crippen LogP contribution in [0.1, 0.15) is 10.4 Å². The molecule has 0 saturated heterocycles. The molecule has 0 unspecified atom stereocenters. The fourth-order valence-electron chi connectivity index (χ4n) is 1.18. The molecule has 0 aromatic heterocycles. The number of carbonyl (C=O) groups is 1. The van der Waals surface area contributed by atoms with E-state index in [4.69, 9.17) is 4.74 Å². The minimum absolute atomic E-state index is 0.296. The summed E-state index contributed by atoms with van der Waals surface area (Å²) in [6, 6.07) is 7.43. The van der Waals surface area contributed by atoms with Gasteiger partial charge in [-0.05, 0) is 24.6 Å². The molecule has 0 heterocycles. The first kappa shape index (κ1) is 11.5. The summed E-state index contributed by atoms with van der Waals surface area (Å²) in [7, 11) is 0.194. The van der Waals surface area contributed by atoms with Gasteiger partial charge in [-0.1, -0.05) is 12.1 Å². The lowest BCUT2D eigenvalue weighted by atomic mass is 10.2. The lowest BCUT2D eigenvalue weighted by molar-refractivity contribution is 0.0596. The van der Waals surface area contributed by atoms with E-state index in [2.05, 4.69) is 11.7 Å². The average Bonchev–Trinajstić information content (AvgIpc) is 2.15. The first-order valence-corrected chi connectivity index (χ1v) is 7.60. The summed E-state index contributed by atoms with van der Waals surface area (Å²) < 4.78 is 4.71. The molecule has 0 aliphatic rings. The summed E-state index contributed by atoms with van der Waals surface area (Å²) in [5.41, 5.74) is 0.616. The van der Waals surface area contributed by atoms with Gasteiger partial charge in [-0.2, -0.15) is 9.06 Å². The molecular formula is C10H14O2S2. The Morgan fingerprint density at radius 3 is 2.43 bits per heavy atom. The molecule has 1 rings (SSSR count). The molecule has 0 saturated carbocycles. The van der Waals surface area contributed by atoms with E-state index in [-0.39, 0.29) is 5.97 Å². The number of carbonyl (C=O) groups excluding carboxylic acids is 1. The number of esters is 1. The molecule has 2 nitrogen and oxygen atoms in total. The van der Waals surface area contributed by atoms with Crippen LogP contribution in [0.5, 0.6) is 0 Å². The first-order chi connectivity index (χ1) is 6.46. The maximum absolute atomic E-state index is 11.4. The zero-order valence-electron chi connectivity index (χ0n) is 8.48. The predicted octanol–water partition coefficient (Wildman–Crippen LogP) is 2.74. The van der Waals surface area contributed by atoms with Crippen LogP contribution in [0.3, 0.4) is 0 Å². The zero-order valence-corrected chi connectivity index (χ0v) is 10.2. The summed E-state index contributed by atoms with van der Waals surface area (Å²) in [6.07, 6.45) is 4.05. The van der Waals surface area contributed by atoms with Gasteiger partial charge in [0.1, 0.15) is 0 Å². The van der Waals surface area contributed by atoms with Crippen molar-refractivity contribution in [1.29, 1.82) is 0 Å². The van der Waals surface area contributed by atoms with Crippen LogP contribution in [0.15, 0.2) is 29.2 Å². The number of hydrogen-bond donors (Lipinski definition) is 1. The summed E-state index contributed by atoms with van der Waals surface area (Å²) in [4.78, 5) is 12.4. The van der Waals surface area contributed by atoms with Crippen molar-refractivity contribution in [3.8, 4) is 0 Å². The summed E-state index contributed by atoms with van der Waals surface area (Å²) in [5, 5.41) is 0. The first-order valence-electron chi connectivity index (χ1n) is 4.10. The van der Waals surface area contributed by atoms with Crippen LogP contribution in [0.4, 0.5) is 0 Å². The lowest BCUT2D eigenvalue weighted by Gasteiger charge is -2.26. The molecule has 0 aliphatic carbocycles. The van der Waals surface area contributed by atoms with Crippen molar-refractivity contribution < 1.29 is 9.53 Å². The van der Waals surface area contributed by atoms with Gasteiger partial charge < -0.3 is 4.74 Å². The van der Waals surface area contributed by atoms with Crippen LogP contribution in [-0.2, 0) is 4.74 Å². The van der Waals surface area contributed by atoms with Crippen LogP contribution < -0.4 is 0 Å². The van der Waals surface area contributed by atoms with E-state index in [1.165, 1.54) is 7.11 Å². The third-order valence-corrected chi connectivity index (χ3v) is 3.85. The van der Waals surface area contributed by atoms with Crippen molar-refractivity contribution in [3.05, 3.63) is 29.8 Å². The van der Waals surface area contributed by atoms with Gasteiger partial charge in [-0.25, -0.2) is 4.79 Å². The molecule has 0 amide bonds. The topological polar surface area (TPSA) is 26.3 Å². The van der Waals surface area contributed by atoms with Crippen LogP contribution >= 0.6 is 20.7 Å². The Kier molecular flexibility index (Phi) is 3.50. The van der Waals surface area contributed by atoms with E-state index >= 15 is 0 Å². The third kappa shape index (κ3) is 2.45. The molecule has 1 aromatic carbocycles. The highest BCUT2D eigenvalue weighted by atomic mass is 33.1. The molecule has 14 heavy (non-hydrogen) atoms. The minimum Gasteiger partial charge on any atom is -0.465 e. The lowest BCUT2D eigenvalue weighted by Crippen LogP contribution is -2.05. The van der Waals surface area contributed by atoms with Crippen LogP contribution in [0.25, 0.3) is 0 Å². The van der Waals surface area contributed by atoms with E-state index in [0.717, 1.165) is 4.90 Å². The molecule has 4 heteroatoms. The predicted molar refractivity (Wildman–Crippen MR) is 64.5 cm³/mol. The summed E-state index contributed by atoms with van der Waals surface area (Å²) in [5.74, 6) is -0.296. The number of benzene rings is 1. The monoisotopic (exact) mass is 230 g/mol. The largest absolute Gasteiger partial charge is 0.465 e. The number of methoxy groups -OCH3 is 1. The Labute approximate surface area is 90.8 Å². The molecule has 0 fully saturated rings. The average molecular weight is 230 g/mol. The van der Waals surface area contributed by atoms with Gasteiger partial charge in [0.25, 0.3) is 0 Å². The molecule has 1 aromatic rings. The van der Waals surface area contributed by atoms with E-state index in [0.29, 0.717) is 5.56 Å². The number of hydrogen-bond acceptors (Lipinski definition) is 3. The van der Waals surface area contributed by atoms with Crippen molar-refractivity contribution in [2.24, 2.45) is 0 Å². The second-order valence-corrected chi connectivity index (χ2v) is 8.98. The Morgan fingerprint density at radius 1 is 1.36 bits per heavy atom. The SMILES string of the molecule is COC(=O)c1ccccc1S(C)(C)S. The van der Waals surface area contributed by atoms with Gasteiger partial charge >= 0.3 is 5.97 Å². The van der Waals surface area contributed by atoms with E-state index < -0.39 is 9.06 Å². The van der Waals surface area contributed by atoms with Gasteiger partial charge in [0.05, 0.1) is 12.7 Å². The molecule has 0 radical (unpaired) electrons.